The van der Waals surface area contributed by atoms with Crippen LogP contribution in [0.3, 0.4) is 0 Å². The fourth-order valence-corrected chi connectivity index (χ4v) is 4.61. The highest BCUT2D eigenvalue weighted by Gasteiger charge is 2.18. The van der Waals surface area contributed by atoms with E-state index in [9.17, 15) is 18.3 Å². The third-order valence-electron chi connectivity index (χ3n) is 5.17. The third kappa shape index (κ3) is 5.30. The lowest BCUT2D eigenvalue weighted by Crippen LogP contribution is -2.15. The first-order valence-corrected chi connectivity index (χ1v) is 12.1. The Morgan fingerprint density at radius 2 is 1.69 bits per heavy atom. The Balaban J connectivity index is 1.48. The molecule has 180 valence electrons. The number of sulfonamides is 1. The lowest BCUT2D eigenvalue weighted by atomic mass is 10.0. The van der Waals surface area contributed by atoms with Crippen LogP contribution in [0.25, 0.3) is 11.3 Å². The smallest absolute Gasteiger partial charge is 0.273 e. The van der Waals surface area contributed by atoms with Gasteiger partial charge in [-0.25, -0.2) is 18.4 Å². The number of carbonyl (C=O) groups is 1. The van der Waals surface area contributed by atoms with Crippen molar-refractivity contribution in [2.75, 3.05) is 10.0 Å². The first kappa shape index (κ1) is 23.9. The van der Waals surface area contributed by atoms with Crippen molar-refractivity contribution < 1.29 is 18.3 Å². The van der Waals surface area contributed by atoms with Gasteiger partial charge in [-0.1, -0.05) is 6.07 Å². The van der Waals surface area contributed by atoms with E-state index < -0.39 is 15.9 Å². The summed E-state index contributed by atoms with van der Waals surface area (Å²) in [6.45, 7) is 7.12. The average Bonchev–Trinajstić information content (AvgIpc) is 3.26. The van der Waals surface area contributed by atoms with E-state index in [1.807, 2.05) is 13.0 Å². The molecule has 0 aliphatic carbocycles. The molecule has 0 radical (unpaired) electrons. The highest BCUT2D eigenvalue weighted by atomic mass is 32.2. The summed E-state index contributed by atoms with van der Waals surface area (Å²) < 4.78 is 27.8. The molecule has 0 aliphatic heterocycles. The van der Waals surface area contributed by atoms with Crippen LogP contribution in [0.1, 0.15) is 33.1 Å². The second-order valence-corrected chi connectivity index (χ2v) is 9.85. The van der Waals surface area contributed by atoms with Crippen LogP contribution < -0.4 is 10.0 Å². The second kappa shape index (κ2) is 9.18. The van der Waals surface area contributed by atoms with Gasteiger partial charge in [-0.2, -0.15) is 5.10 Å². The van der Waals surface area contributed by atoms with E-state index in [4.69, 9.17) is 0 Å². The minimum absolute atomic E-state index is 0.0125. The molecule has 0 bridgehead atoms. The van der Waals surface area contributed by atoms with Crippen LogP contribution in [0.2, 0.25) is 0 Å². The average molecular weight is 493 g/mol. The van der Waals surface area contributed by atoms with Crippen molar-refractivity contribution in [1.29, 1.82) is 0 Å². The number of aromatic hydroxyl groups is 1. The molecular weight excluding hydrogens is 468 g/mol. The number of aromatic amines is 1. The van der Waals surface area contributed by atoms with Gasteiger partial charge in [0.25, 0.3) is 15.9 Å². The lowest BCUT2D eigenvalue weighted by molar-refractivity contribution is 0.102. The lowest BCUT2D eigenvalue weighted by Gasteiger charge is -2.09. The molecule has 0 saturated heterocycles. The van der Waals surface area contributed by atoms with Crippen molar-refractivity contribution in [2.45, 2.75) is 32.6 Å². The molecule has 35 heavy (non-hydrogen) atoms. The minimum Gasteiger partial charge on any atom is -0.507 e. The van der Waals surface area contributed by atoms with E-state index in [0.29, 0.717) is 34.0 Å². The highest BCUT2D eigenvalue weighted by molar-refractivity contribution is 7.92. The maximum atomic E-state index is 12.7. The summed E-state index contributed by atoms with van der Waals surface area (Å²) in [4.78, 5) is 20.9. The molecule has 0 aliphatic rings. The summed E-state index contributed by atoms with van der Waals surface area (Å²) >= 11 is 0. The standard InChI is InChI=1S/C24H24N6O4S/c1-13-9-14(2)23(31)19(10-13)20-12-21(29-28-20)24(32)27-17-5-7-18(8-6-17)35(33,34)30-22-11-15(3)25-16(4)26-22/h5-12,31H,1-4H3,(H,27,32)(H,28,29)(H,25,26,30). The summed E-state index contributed by atoms with van der Waals surface area (Å²) in [6, 6.07) is 12.4. The van der Waals surface area contributed by atoms with Gasteiger partial charge in [-0.05, 0) is 75.2 Å². The van der Waals surface area contributed by atoms with E-state index in [0.717, 1.165) is 5.56 Å². The molecule has 2 heterocycles. The second-order valence-electron chi connectivity index (χ2n) is 8.17. The quantitative estimate of drug-likeness (QED) is 0.319. The number of hydrogen-bond acceptors (Lipinski definition) is 7. The van der Waals surface area contributed by atoms with Crippen molar-refractivity contribution in [1.82, 2.24) is 20.2 Å². The van der Waals surface area contributed by atoms with Crippen molar-refractivity contribution in [3.8, 4) is 17.0 Å². The number of H-pyrrole nitrogens is 1. The predicted molar refractivity (Wildman–Crippen MR) is 132 cm³/mol. The van der Waals surface area contributed by atoms with E-state index in [2.05, 4.69) is 30.2 Å². The molecule has 2 aromatic carbocycles. The predicted octanol–water partition coefficient (Wildman–Crippen LogP) is 3.86. The van der Waals surface area contributed by atoms with Crippen molar-refractivity contribution in [3.05, 3.63) is 76.9 Å². The van der Waals surface area contributed by atoms with Crippen molar-refractivity contribution in [3.63, 3.8) is 0 Å². The zero-order valence-corrected chi connectivity index (χ0v) is 20.4. The van der Waals surface area contributed by atoms with E-state index in [-0.39, 0.29) is 22.2 Å². The number of nitrogens with zero attached hydrogens (tertiary/aromatic N) is 3. The summed E-state index contributed by atoms with van der Waals surface area (Å²) in [5.74, 6) is 0.271. The van der Waals surface area contributed by atoms with Crippen LogP contribution in [-0.2, 0) is 10.0 Å². The number of amides is 1. The summed E-state index contributed by atoms with van der Waals surface area (Å²) in [5, 5.41) is 19.9. The number of phenolic OH excluding ortho intramolecular Hbond substituents is 1. The number of hydrogen-bond donors (Lipinski definition) is 4. The monoisotopic (exact) mass is 492 g/mol. The number of aryl methyl sites for hydroxylation is 4. The van der Waals surface area contributed by atoms with E-state index in [1.165, 1.54) is 36.4 Å². The normalized spacial score (nSPS) is 11.3. The maximum Gasteiger partial charge on any atom is 0.273 e. The Labute approximate surface area is 202 Å². The highest BCUT2D eigenvalue weighted by Crippen LogP contribution is 2.32. The van der Waals surface area contributed by atoms with Gasteiger partial charge in [0.1, 0.15) is 23.1 Å². The number of benzene rings is 2. The first-order chi connectivity index (χ1) is 16.5. The van der Waals surface area contributed by atoms with Gasteiger partial charge in [-0.3, -0.25) is 14.6 Å². The summed E-state index contributed by atoms with van der Waals surface area (Å²) in [5.41, 5.74) is 3.85. The Bertz CT molecular complexity index is 1510. The van der Waals surface area contributed by atoms with Gasteiger partial charge in [0.2, 0.25) is 0 Å². The minimum atomic E-state index is -3.88. The number of nitrogens with one attached hydrogen (secondary N) is 3. The van der Waals surface area contributed by atoms with Gasteiger partial charge in [-0.15, -0.1) is 0 Å². The van der Waals surface area contributed by atoms with Gasteiger partial charge in [0.05, 0.1) is 10.6 Å². The maximum absolute atomic E-state index is 12.7. The molecule has 4 rings (SSSR count). The third-order valence-corrected chi connectivity index (χ3v) is 6.54. The topological polar surface area (TPSA) is 150 Å². The number of carbonyl (C=O) groups excluding carboxylic acids is 1. The van der Waals surface area contributed by atoms with Crippen LogP contribution in [0.4, 0.5) is 11.5 Å². The molecule has 0 saturated carbocycles. The van der Waals surface area contributed by atoms with E-state index in [1.54, 1.807) is 26.8 Å². The molecule has 2 aromatic heterocycles. The molecule has 0 unspecified atom stereocenters. The SMILES string of the molecule is Cc1cc(C)c(O)c(-c2cc(C(=O)Nc3ccc(S(=O)(=O)Nc4cc(C)nc(C)n4)cc3)[nH]n2)c1. The molecule has 0 spiro atoms. The van der Waals surface area contributed by atoms with Gasteiger partial charge >= 0.3 is 0 Å². The van der Waals surface area contributed by atoms with Crippen LogP contribution in [-0.4, -0.2) is 39.6 Å². The van der Waals surface area contributed by atoms with Crippen molar-refractivity contribution >= 4 is 27.4 Å². The Kier molecular flexibility index (Phi) is 6.27. The fourth-order valence-electron chi connectivity index (χ4n) is 3.61. The molecule has 11 heteroatoms. The number of phenols is 1. The van der Waals surface area contributed by atoms with Gasteiger partial charge < -0.3 is 10.4 Å². The Hall–Kier alpha value is -4.25. The largest absolute Gasteiger partial charge is 0.507 e. The van der Waals surface area contributed by atoms with Gasteiger partial charge in [0, 0.05) is 23.0 Å². The van der Waals surface area contributed by atoms with Crippen LogP contribution in [0.5, 0.6) is 5.75 Å². The Morgan fingerprint density at radius 1 is 0.971 bits per heavy atom. The zero-order chi connectivity index (χ0) is 25.3. The Morgan fingerprint density at radius 3 is 2.37 bits per heavy atom. The van der Waals surface area contributed by atoms with E-state index >= 15 is 0 Å². The molecule has 0 atom stereocenters. The fraction of sp³-hybridized carbons (Fsp3) is 0.167. The number of anilines is 2. The summed E-state index contributed by atoms with van der Waals surface area (Å²) in [6.07, 6.45) is 0. The molecule has 1 amide bonds. The molecule has 4 N–H and O–H groups in total. The molecule has 4 aromatic rings. The van der Waals surface area contributed by atoms with Crippen molar-refractivity contribution in [2.24, 2.45) is 0 Å². The summed E-state index contributed by atoms with van der Waals surface area (Å²) in [7, 11) is -3.88. The zero-order valence-electron chi connectivity index (χ0n) is 19.5. The first-order valence-electron chi connectivity index (χ1n) is 10.6. The number of rotatable bonds is 6. The van der Waals surface area contributed by atoms with Crippen LogP contribution in [0.15, 0.2) is 53.4 Å². The molecule has 0 fully saturated rings. The van der Waals surface area contributed by atoms with Crippen LogP contribution >= 0.6 is 0 Å². The molecule has 10 nitrogen and oxygen atoms in total. The number of aromatic nitrogens is 4. The van der Waals surface area contributed by atoms with Gasteiger partial charge in [0.15, 0.2) is 0 Å². The molecular formula is C24H24N6O4S. The van der Waals surface area contributed by atoms with Crippen LogP contribution in [0, 0.1) is 27.7 Å².